The topological polar surface area (TPSA) is 63.7 Å². The summed E-state index contributed by atoms with van der Waals surface area (Å²) in [4.78, 5) is 14.7. The zero-order valence-corrected chi connectivity index (χ0v) is 15.0. The van der Waals surface area contributed by atoms with E-state index in [0.717, 1.165) is 5.56 Å². The van der Waals surface area contributed by atoms with E-state index >= 15 is 0 Å². The predicted molar refractivity (Wildman–Crippen MR) is 92.5 cm³/mol. The molecule has 6 heteroatoms. The minimum absolute atomic E-state index is 0.0289. The van der Waals surface area contributed by atoms with Gasteiger partial charge in [0.05, 0.1) is 30.3 Å². The molecule has 1 amide bonds. The molecule has 2 aliphatic heterocycles. The van der Waals surface area contributed by atoms with Crippen molar-refractivity contribution < 1.29 is 17.9 Å². The van der Waals surface area contributed by atoms with Crippen LogP contribution in [0, 0.1) is 5.92 Å². The molecule has 0 saturated carbocycles. The summed E-state index contributed by atoms with van der Waals surface area (Å²) in [6, 6.07) is 9.74. The van der Waals surface area contributed by atoms with Crippen molar-refractivity contribution in [2.24, 2.45) is 5.92 Å². The van der Waals surface area contributed by atoms with Crippen LogP contribution in [-0.2, 0) is 19.4 Å². The monoisotopic (exact) mass is 351 g/mol. The molecule has 5 nitrogen and oxygen atoms in total. The van der Waals surface area contributed by atoms with E-state index in [1.807, 2.05) is 18.2 Å². The zero-order valence-electron chi connectivity index (χ0n) is 14.2. The van der Waals surface area contributed by atoms with E-state index in [9.17, 15) is 13.2 Å². The third kappa shape index (κ3) is 3.64. The Morgan fingerprint density at radius 1 is 1.25 bits per heavy atom. The largest absolute Gasteiger partial charge is 0.373 e. The van der Waals surface area contributed by atoms with E-state index in [-0.39, 0.29) is 35.5 Å². The molecular weight excluding hydrogens is 326 g/mol. The maximum atomic E-state index is 12.9. The van der Waals surface area contributed by atoms with Crippen LogP contribution in [0.2, 0.25) is 0 Å². The molecule has 3 atom stereocenters. The fourth-order valence-electron chi connectivity index (χ4n) is 3.77. The summed E-state index contributed by atoms with van der Waals surface area (Å²) in [5.41, 5.74) is 1.16. The van der Waals surface area contributed by atoms with Gasteiger partial charge in [0.2, 0.25) is 5.91 Å². The molecule has 2 aliphatic rings. The first kappa shape index (κ1) is 17.4. The molecule has 3 unspecified atom stereocenters. The highest BCUT2D eigenvalue weighted by atomic mass is 32.2. The number of nitrogens with zero attached hydrogens (tertiary/aromatic N) is 1. The molecule has 24 heavy (non-hydrogen) atoms. The van der Waals surface area contributed by atoms with Gasteiger partial charge in [-0.2, -0.15) is 0 Å². The summed E-state index contributed by atoms with van der Waals surface area (Å²) in [5.74, 6) is 0.570. The summed E-state index contributed by atoms with van der Waals surface area (Å²) in [7, 11) is -3.11. The van der Waals surface area contributed by atoms with Crippen LogP contribution >= 0.6 is 0 Å². The van der Waals surface area contributed by atoms with Gasteiger partial charge in [-0.05, 0) is 17.4 Å². The van der Waals surface area contributed by atoms with Crippen molar-refractivity contribution in [3.63, 3.8) is 0 Å². The highest BCUT2D eigenvalue weighted by molar-refractivity contribution is 7.91. The van der Waals surface area contributed by atoms with Gasteiger partial charge in [0, 0.05) is 13.0 Å². The third-order valence-electron chi connectivity index (χ3n) is 5.08. The molecule has 2 heterocycles. The summed E-state index contributed by atoms with van der Waals surface area (Å²) >= 11 is 0. The molecule has 0 radical (unpaired) electrons. The smallest absolute Gasteiger partial charge is 0.223 e. The number of morpholine rings is 1. The lowest BCUT2D eigenvalue weighted by Crippen LogP contribution is -2.53. The Hall–Kier alpha value is -1.40. The van der Waals surface area contributed by atoms with E-state index in [2.05, 4.69) is 26.0 Å². The minimum atomic E-state index is -3.11. The van der Waals surface area contributed by atoms with Gasteiger partial charge in [0.1, 0.15) is 0 Å². The second-order valence-electron chi connectivity index (χ2n) is 7.11. The summed E-state index contributed by atoms with van der Waals surface area (Å²) in [6.07, 6.45) is 0.0484. The van der Waals surface area contributed by atoms with Gasteiger partial charge < -0.3 is 9.64 Å². The number of sulfone groups is 1. The van der Waals surface area contributed by atoms with Crippen LogP contribution in [0.15, 0.2) is 30.3 Å². The molecule has 1 aromatic rings. The average Bonchev–Trinajstić information content (AvgIpc) is 2.86. The molecule has 0 bridgehead atoms. The van der Waals surface area contributed by atoms with Crippen LogP contribution in [0.4, 0.5) is 0 Å². The number of carbonyl (C=O) groups excluding carboxylic acids is 1. The first-order valence-electron chi connectivity index (χ1n) is 8.54. The van der Waals surface area contributed by atoms with E-state index in [0.29, 0.717) is 25.5 Å². The highest BCUT2D eigenvalue weighted by Crippen LogP contribution is 2.31. The SMILES string of the molecule is CC(C)C(CC(=O)N1CCOC2CS(=O)(=O)CC21)c1ccccc1. The molecule has 1 aromatic carbocycles. The highest BCUT2D eigenvalue weighted by Gasteiger charge is 2.45. The second-order valence-corrected chi connectivity index (χ2v) is 9.26. The Bertz CT molecular complexity index is 686. The maximum Gasteiger partial charge on any atom is 0.223 e. The molecule has 0 aliphatic carbocycles. The van der Waals surface area contributed by atoms with Gasteiger partial charge in [0.15, 0.2) is 9.84 Å². The molecular formula is C18H25NO4S. The minimum Gasteiger partial charge on any atom is -0.373 e. The van der Waals surface area contributed by atoms with Crippen molar-refractivity contribution in [2.45, 2.75) is 38.3 Å². The fourth-order valence-corrected chi connectivity index (χ4v) is 5.64. The molecule has 2 saturated heterocycles. The fraction of sp³-hybridized carbons (Fsp3) is 0.611. The summed E-state index contributed by atoms with van der Waals surface area (Å²) < 4.78 is 29.4. The van der Waals surface area contributed by atoms with Gasteiger partial charge in [-0.25, -0.2) is 8.42 Å². The lowest BCUT2D eigenvalue weighted by molar-refractivity contribution is -0.143. The van der Waals surface area contributed by atoms with Crippen molar-refractivity contribution in [3.8, 4) is 0 Å². The molecule has 3 rings (SSSR count). The van der Waals surface area contributed by atoms with E-state index < -0.39 is 9.84 Å². The number of ether oxygens (including phenoxy) is 1. The van der Waals surface area contributed by atoms with Crippen molar-refractivity contribution in [3.05, 3.63) is 35.9 Å². The van der Waals surface area contributed by atoms with Crippen molar-refractivity contribution in [1.82, 2.24) is 4.90 Å². The third-order valence-corrected chi connectivity index (χ3v) is 6.77. The van der Waals surface area contributed by atoms with E-state index in [1.165, 1.54) is 0 Å². The number of hydrogen-bond acceptors (Lipinski definition) is 4. The number of fused-ring (bicyclic) bond motifs is 1. The van der Waals surface area contributed by atoms with Crippen LogP contribution < -0.4 is 0 Å². The first-order valence-corrected chi connectivity index (χ1v) is 10.4. The van der Waals surface area contributed by atoms with Gasteiger partial charge >= 0.3 is 0 Å². The van der Waals surface area contributed by atoms with E-state index in [1.54, 1.807) is 4.90 Å². The normalized spacial score (nSPS) is 27.0. The van der Waals surface area contributed by atoms with Gasteiger partial charge in [0.25, 0.3) is 0 Å². The van der Waals surface area contributed by atoms with Crippen molar-refractivity contribution in [2.75, 3.05) is 24.7 Å². The molecule has 0 N–H and O–H groups in total. The van der Waals surface area contributed by atoms with Crippen LogP contribution in [0.5, 0.6) is 0 Å². The molecule has 0 spiro atoms. The number of rotatable bonds is 4. The van der Waals surface area contributed by atoms with Gasteiger partial charge in [-0.1, -0.05) is 44.2 Å². The van der Waals surface area contributed by atoms with Crippen LogP contribution in [0.3, 0.4) is 0 Å². The predicted octanol–water partition coefficient (Wildman–Crippen LogP) is 1.84. The number of benzene rings is 1. The summed E-state index contributed by atoms with van der Waals surface area (Å²) in [6.45, 7) is 5.13. The lowest BCUT2D eigenvalue weighted by atomic mass is 9.85. The van der Waals surface area contributed by atoms with Gasteiger partial charge in [-0.3, -0.25) is 4.79 Å². The van der Waals surface area contributed by atoms with Gasteiger partial charge in [-0.15, -0.1) is 0 Å². The number of carbonyl (C=O) groups is 1. The Kier molecular flexibility index (Phi) is 4.97. The average molecular weight is 351 g/mol. The van der Waals surface area contributed by atoms with Crippen LogP contribution in [0.25, 0.3) is 0 Å². The van der Waals surface area contributed by atoms with Crippen LogP contribution in [-0.4, -0.2) is 56.0 Å². The first-order chi connectivity index (χ1) is 11.4. The zero-order chi connectivity index (χ0) is 17.3. The standard InChI is InChI=1S/C18H25NO4S/c1-13(2)15(14-6-4-3-5-7-14)10-18(20)19-8-9-23-17-12-24(21,22)11-16(17)19/h3-7,13,15-17H,8-12H2,1-2H3. The summed E-state index contributed by atoms with van der Waals surface area (Å²) in [5, 5.41) is 0. The van der Waals surface area contributed by atoms with E-state index in [4.69, 9.17) is 4.74 Å². The van der Waals surface area contributed by atoms with Crippen molar-refractivity contribution in [1.29, 1.82) is 0 Å². The quantitative estimate of drug-likeness (QED) is 0.830. The Balaban J connectivity index is 1.75. The Morgan fingerprint density at radius 3 is 2.62 bits per heavy atom. The van der Waals surface area contributed by atoms with Crippen LogP contribution in [0.1, 0.15) is 31.7 Å². The molecule has 0 aromatic heterocycles. The van der Waals surface area contributed by atoms with Crippen molar-refractivity contribution >= 4 is 15.7 Å². The number of amides is 1. The molecule has 132 valence electrons. The maximum absolute atomic E-state index is 12.9. The Morgan fingerprint density at radius 2 is 1.96 bits per heavy atom. The number of hydrogen-bond donors (Lipinski definition) is 0. The Labute approximate surface area is 143 Å². The lowest BCUT2D eigenvalue weighted by Gasteiger charge is -2.37. The molecule has 2 fully saturated rings. The second kappa shape index (κ2) is 6.84.